The lowest BCUT2D eigenvalue weighted by molar-refractivity contribution is 0.475. The summed E-state index contributed by atoms with van der Waals surface area (Å²) >= 11 is 0. The second-order valence-corrected chi connectivity index (χ2v) is 9.44. The van der Waals surface area contributed by atoms with Gasteiger partial charge in [-0.1, -0.05) is 24.3 Å². The van der Waals surface area contributed by atoms with E-state index in [-0.39, 0.29) is 10.6 Å². The van der Waals surface area contributed by atoms with Crippen LogP contribution in [0, 0.1) is 6.92 Å². The number of nitrogen functional groups attached to an aromatic ring is 1. The molecular formula is C24H26N4O3S. The lowest BCUT2D eigenvalue weighted by atomic mass is 10.1. The molecule has 0 aliphatic heterocycles. The number of aromatic hydroxyl groups is 1. The molecule has 0 fully saturated rings. The maximum absolute atomic E-state index is 13.0. The minimum atomic E-state index is -3.78. The molecule has 4 rings (SSSR count). The Bertz CT molecular complexity index is 1350. The number of sulfonamides is 1. The molecule has 1 aromatic heterocycles. The number of hydrogen-bond acceptors (Lipinski definition) is 5. The SMILES string of the molecule is Cc1ccc(NS(=O)(=O)c2cccc(NCCCc3ccc(O)cc3)c2)c2[nH]cc(N)c12. The second kappa shape index (κ2) is 8.84. The number of fused-ring (bicyclic) bond motifs is 1. The van der Waals surface area contributed by atoms with Crippen LogP contribution in [-0.4, -0.2) is 25.1 Å². The number of rotatable bonds is 8. The van der Waals surface area contributed by atoms with Gasteiger partial charge in [-0.2, -0.15) is 0 Å². The zero-order valence-corrected chi connectivity index (χ0v) is 18.5. The Balaban J connectivity index is 1.44. The molecule has 0 aliphatic rings. The van der Waals surface area contributed by atoms with Crippen molar-refractivity contribution in [3.05, 3.63) is 78.0 Å². The molecule has 0 spiro atoms. The zero-order chi connectivity index (χ0) is 22.7. The molecule has 0 amide bonds. The van der Waals surface area contributed by atoms with Crippen molar-refractivity contribution in [3.8, 4) is 5.75 Å². The molecule has 0 saturated carbocycles. The van der Waals surface area contributed by atoms with Gasteiger partial charge in [0, 0.05) is 23.8 Å². The van der Waals surface area contributed by atoms with Gasteiger partial charge in [0.2, 0.25) is 0 Å². The minimum Gasteiger partial charge on any atom is -0.508 e. The summed E-state index contributed by atoms with van der Waals surface area (Å²) in [6.45, 7) is 2.62. The standard InChI is InChI=1S/C24H26N4O3S/c1-16-7-12-22(24-23(16)21(25)15-27-24)28-32(30,31)20-6-2-5-18(14-20)26-13-3-4-17-8-10-19(29)11-9-17/h2,5-12,14-15,26-29H,3-4,13,25H2,1H3. The van der Waals surface area contributed by atoms with Crippen molar-refractivity contribution in [3.63, 3.8) is 0 Å². The van der Waals surface area contributed by atoms with Crippen LogP contribution in [0.15, 0.2) is 71.8 Å². The van der Waals surface area contributed by atoms with Crippen molar-refractivity contribution < 1.29 is 13.5 Å². The first kappa shape index (κ1) is 21.6. The summed E-state index contributed by atoms with van der Waals surface area (Å²) < 4.78 is 28.7. The molecule has 0 saturated heterocycles. The molecule has 1 heterocycles. The van der Waals surface area contributed by atoms with E-state index >= 15 is 0 Å². The van der Waals surface area contributed by atoms with Crippen LogP contribution in [0.5, 0.6) is 5.75 Å². The number of anilines is 3. The van der Waals surface area contributed by atoms with Crippen LogP contribution in [0.25, 0.3) is 10.9 Å². The van der Waals surface area contributed by atoms with Crippen molar-refractivity contribution in [2.75, 3.05) is 22.3 Å². The summed E-state index contributed by atoms with van der Waals surface area (Å²) in [6, 6.07) is 17.5. The van der Waals surface area contributed by atoms with Gasteiger partial charge in [0.15, 0.2) is 0 Å². The lowest BCUT2D eigenvalue weighted by Gasteiger charge is -2.12. The number of aryl methyl sites for hydroxylation is 2. The maximum atomic E-state index is 13.0. The zero-order valence-electron chi connectivity index (χ0n) is 17.7. The van der Waals surface area contributed by atoms with Crippen LogP contribution in [0.4, 0.5) is 17.1 Å². The molecule has 7 nitrogen and oxygen atoms in total. The van der Waals surface area contributed by atoms with Crippen molar-refractivity contribution in [1.82, 2.24) is 4.98 Å². The Labute approximate surface area is 187 Å². The van der Waals surface area contributed by atoms with E-state index in [1.54, 1.807) is 42.6 Å². The minimum absolute atomic E-state index is 0.175. The predicted octanol–water partition coefficient (Wildman–Crippen LogP) is 4.61. The van der Waals surface area contributed by atoms with Crippen LogP contribution >= 0.6 is 0 Å². The van der Waals surface area contributed by atoms with Crippen LogP contribution in [0.2, 0.25) is 0 Å². The number of phenols is 1. The molecule has 0 bridgehead atoms. The lowest BCUT2D eigenvalue weighted by Crippen LogP contribution is -2.14. The predicted molar refractivity (Wildman–Crippen MR) is 130 cm³/mol. The quantitative estimate of drug-likeness (QED) is 0.251. The Morgan fingerprint density at radius 2 is 1.84 bits per heavy atom. The van der Waals surface area contributed by atoms with Crippen molar-refractivity contribution in [1.29, 1.82) is 0 Å². The summed E-state index contributed by atoms with van der Waals surface area (Å²) in [4.78, 5) is 3.23. The Hall–Kier alpha value is -3.65. The fraction of sp³-hybridized carbons (Fsp3) is 0.167. The molecule has 0 unspecified atom stereocenters. The highest BCUT2D eigenvalue weighted by Crippen LogP contribution is 2.31. The number of hydrogen-bond donors (Lipinski definition) is 5. The van der Waals surface area contributed by atoms with E-state index in [0.717, 1.165) is 35.0 Å². The van der Waals surface area contributed by atoms with Crippen LogP contribution < -0.4 is 15.8 Å². The van der Waals surface area contributed by atoms with Crippen molar-refractivity contribution in [2.45, 2.75) is 24.7 Å². The van der Waals surface area contributed by atoms with Gasteiger partial charge >= 0.3 is 0 Å². The topological polar surface area (TPSA) is 120 Å². The van der Waals surface area contributed by atoms with E-state index in [1.165, 1.54) is 0 Å². The third kappa shape index (κ3) is 4.65. The van der Waals surface area contributed by atoms with E-state index in [2.05, 4.69) is 15.0 Å². The molecule has 6 N–H and O–H groups in total. The highest BCUT2D eigenvalue weighted by Gasteiger charge is 2.18. The molecule has 4 aromatic rings. The number of aromatic nitrogens is 1. The number of nitrogens with two attached hydrogens (primary N) is 1. The first-order valence-electron chi connectivity index (χ1n) is 10.3. The average molecular weight is 451 g/mol. The Morgan fingerprint density at radius 1 is 1.06 bits per heavy atom. The third-order valence-corrected chi connectivity index (χ3v) is 6.73. The first-order chi connectivity index (χ1) is 15.3. The molecule has 166 valence electrons. The molecule has 8 heteroatoms. The van der Waals surface area contributed by atoms with Gasteiger partial charge in [-0.05, 0) is 67.3 Å². The smallest absolute Gasteiger partial charge is 0.262 e. The van der Waals surface area contributed by atoms with Gasteiger partial charge in [-0.15, -0.1) is 0 Å². The average Bonchev–Trinajstić information content (AvgIpc) is 3.17. The van der Waals surface area contributed by atoms with Crippen molar-refractivity contribution in [2.24, 2.45) is 0 Å². The fourth-order valence-electron chi connectivity index (χ4n) is 3.70. The van der Waals surface area contributed by atoms with E-state index in [1.807, 2.05) is 31.2 Å². The fourth-order valence-corrected chi connectivity index (χ4v) is 4.82. The molecule has 32 heavy (non-hydrogen) atoms. The summed E-state index contributed by atoms with van der Waals surface area (Å²) in [5, 5.41) is 13.4. The van der Waals surface area contributed by atoms with E-state index in [4.69, 9.17) is 5.73 Å². The van der Waals surface area contributed by atoms with E-state index in [0.29, 0.717) is 23.4 Å². The summed E-state index contributed by atoms with van der Waals surface area (Å²) in [6.07, 6.45) is 3.39. The highest BCUT2D eigenvalue weighted by molar-refractivity contribution is 7.92. The summed E-state index contributed by atoms with van der Waals surface area (Å²) in [5.74, 6) is 0.254. The highest BCUT2D eigenvalue weighted by atomic mass is 32.2. The summed E-state index contributed by atoms with van der Waals surface area (Å²) in [7, 11) is -3.78. The number of nitrogens with one attached hydrogen (secondary N) is 3. The second-order valence-electron chi connectivity index (χ2n) is 7.75. The van der Waals surface area contributed by atoms with Gasteiger partial charge in [-0.3, -0.25) is 4.72 Å². The molecule has 3 aromatic carbocycles. The summed E-state index contributed by atoms with van der Waals surface area (Å²) in [5.41, 5.74) is 10.6. The molecule has 0 aliphatic carbocycles. The van der Waals surface area contributed by atoms with Crippen molar-refractivity contribution >= 4 is 38.0 Å². The number of benzene rings is 3. The van der Waals surface area contributed by atoms with Gasteiger partial charge in [0.25, 0.3) is 10.0 Å². The molecule has 0 atom stereocenters. The van der Waals surface area contributed by atoms with E-state index < -0.39 is 10.0 Å². The van der Waals surface area contributed by atoms with Gasteiger partial charge < -0.3 is 21.1 Å². The number of H-pyrrole nitrogens is 1. The monoisotopic (exact) mass is 450 g/mol. The Kier molecular flexibility index (Phi) is 5.96. The van der Waals surface area contributed by atoms with Crippen LogP contribution in [0.1, 0.15) is 17.5 Å². The van der Waals surface area contributed by atoms with Gasteiger partial charge in [0.1, 0.15) is 5.75 Å². The molecule has 0 radical (unpaired) electrons. The van der Waals surface area contributed by atoms with Crippen LogP contribution in [-0.2, 0) is 16.4 Å². The Morgan fingerprint density at radius 3 is 2.62 bits per heavy atom. The van der Waals surface area contributed by atoms with Crippen LogP contribution in [0.3, 0.4) is 0 Å². The van der Waals surface area contributed by atoms with E-state index in [9.17, 15) is 13.5 Å². The maximum Gasteiger partial charge on any atom is 0.262 e. The first-order valence-corrected chi connectivity index (χ1v) is 11.8. The van der Waals surface area contributed by atoms with Gasteiger partial charge in [0.05, 0.1) is 21.8 Å². The third-order valence-electron chi connectivity index (χ3n) is 5.37. The number of aromatic amines is 1. The normalized spacial score (nSPS) is 11.5. The largest absolute Gasteiger partial charge is 0.508 e. The van der Waals surface area contributed by atoms with Gasteiger partial charge in [-0.25, -0.2) is 8.42 Å². The number of phenolic OH excluding ortho intramolecular Hbond substituents is 1. The molecular weight excluding hydrogens is 424 g/mol.